The van der Waals surface area contributed by atoms with Gasteiger partial charge in [0.25, 0.3) is 11.8 Å². The van der Waals surface area contributed by atoms with Crippen molar-refractivity contribution in [1.82, 2.24) is 10.7 Å². The average Bonchev–Trinajstić information content (AvgIpc) is 2.76. The van der Waals surface area contributed by atoms with Crippen LogP contribution < -0.4 is 29.7 Å². The smallest absolute Gasteiger partial charge is 0.259 e. The first-order chi connectivity index (χ1) is 14.0. The van der Waals surface area contributed by atoms with Gasteiger partial charge >= 0.3 is 0 Å². The molecular formula is C20H23N3O6. The van der Waals surface area contributed by atoms with Crippen LogP contribution in [0.5, 0.6) is 23.0 Å². The summed E-state index contributed by atoms with van der Waals surface area (Å²) in [5.41, 5.74) is 3.33. The van der Waals surface area contributed by atoms with E-state index in [1.165, 1.54) is 33.6 Å². The minimum atomic E-state index is -0.484. The molecule has 0 atom stereocenters. The molecule has 0 spiro atoms. The summed E-state index contributed by atoms with van der Waals surface area (Å²) in [6.07, 6.45) is 1.44. The van der Waals surface area contributed by atoms with Crippen LogP contribution >= 0.6 is 0 Å². The highest BCUT2D eigenvalue weighted by atomic mass is 16.5. The number of hydrogen-bond acceptors (Lipinski definition) is 7. The number of benzene rings is 2. The van der Waals surface area contributed by atoms with E-state index >= 15 is 0 Å². The lowest BCUT2D eigenvalue weighted by molar-refractivity contribution is -0.120. The second-order valence-corrected chi connectivity index (χ2v) is 5.65. The third-order valence-electron chi connectivity index (χ3n) is 3.89. The summed E-state index contributed by atoms with van der Waals surface area (Å²) in [4.78, 5) is 24.1. The molecule has 9 nitrogen and oxygen atoms in total. The van der Waals surface area contributed by atoms with Crippen molar-refractivity contribution in [3.05, 3.63) is 47.5 Å². The zero-order valence-corrected chi connectivity index (χ0v) is 16.6. The van der Waals surface area contributed by atoms with E-state index in [1.54, 1.807) is 37.4 Å². The van der Waals surface area contributed by atoms with Gasteiger partial charge in [-0.3, -0.25) is 9.59 Å². The highest BCUT2D eigenvalue weighted by molar-refractivity contribution is 5.97. The standard InChI is InChI=1S/C20H23N3O6/c1-26-15-7-5-14(17(10-15)28-3)11-22-23-19(24)12-21-20(25)13-6-8-16(27-2)18(9-13)29-4/h5-11H,12H2,1-4H3,(H,21,25)(H,23,24). The summed E-state index contributed by atoms with van der Waals surface area (Å²) < 4.78 is 20.7. The molecule has 0 bridgehead atoms. The second-order valence-electron chi connectivity index (χ2n) is 5.65. The summed E-state index contributed by atoms with van der Waals surface area (Å²) in [6, 6.07) is 9.90. The molecule has 2 aromatic carbocycles. The third-order valence-corrected chi connectivity index (χ3v) is 3.89. The molecule has 0 unspecified atom stereocenters. The van der Waals surface area contributed by atoms with E-state index in [-0.39, 0.29) is 6.54 Å². The number of amides is 2. The van der Waals surface area contributed by atoms with Crippen molar-refractivity contribution in [2.45, 2.75) is 0 Å². The molecule has 2 amide bonds. The fraction of sp³-hybridized carbons (Fsp3) is 0.250. The minimum absolute atomic E-state index is 0.246. The Kier molecular flexibility index (Phi) is 7.84. The molecule has 29 heavy (non-hydrogen) atoms. The first-order valence-corrected chi connectivity index (χ1v) is 8.56. The van der Waals surface area contributed by atoms with E-state index in [0.29, 0.717) is 34.1 Å². The van der Waals surface area contributed by atoms with Gasteiger partial charge in [0.2, 0.25) is 0 Å². The summed E-state index contributed by atoms with van der Waals surface area (Å²) >= 11 is 0. The SMILES string of the molecule is COc1ccc(C=NNC(=O)CNC(=O)c2ccc(OC)c(OC)c2)c(OC)c1. The fourth-order valence-corrected chi connectivity index (χ4v) is 2.38. The van der Waals surface area contributed by atoms with Gasteiger partial charge in [0.15, 0.2) is 11.5 Å². The van der Waals surface area contributed by atoms with E-state index < -0.39 is 11.8 Å². The Labute approximate surface area is 168 Å². The van der Waals surface area contributed by atoms with Gasteiger partial charge in [-0.15, -0.1) is 0 Å². The monoisotopic (exact) mass is 401 g/mol. The van der Waals surface area contributed by atoms with Crippen LogP contribution in [0.2, 0.25) is 0 Å². The molecule has 9 heteroatoms. The van der Waals surface area contributed by atoms with Crippen LogP contribution in [0.4, 0.5) is 0 Å². The molecule has 0 saturated heterocycles. The van der Waals surface area contributed by atoms with Crippen molar-refractivity contribution in [3.8, 4) is 23.0 Å². The van der Waals surface area contributed by atoms with Gasteiger partial charge in [-0.05, 0) is 30.3 Å². The van der Waals surface area contributed by atoms with E-state index in [4.69, 9.17) is 18.9 Å². The number of carbonyl (C=O) groups excluding carboxylic acids is 2. The molecule has 2 aromatic rings. The van der Waals surface area contributed by atoms with Gasteiger partial charge in [0.05, 0.1) is 41.2 Å². The lowest BCUT2D eigenvalue weighted by Gasteiger charge is -2.09. The Morgan fingerprint density at radius 3 is 2.28 bits per heavy atom. The number of nitrogens with one attached hydrogen (secondary N) is 2. The van der Waals surface area contributed by atoms with Gasteiger partial charge < -0.3 is 24.3 Å². The Morgan fingerprint density at radius 1 is 0.897 bits per heavy atom. The molecule has 2 rings (SSSR count). The summed E-state index contributed by atoms with van der Waals surface area (Å²) in [6.45, 7) is -0.246. The summed E-state index contributed by atoms with van der Waals surface area (Å²) in [5, 5.41) is 6.38. The number of methoxy groups -OCH3 is 4. The molecule has 0 aliphatic rings. The van der Waals surface area contributed by atoms with Crippen molar-refractivity contribution in [2.75, 3.05) is 35.0 Å². The molecule has 0 aliphatic heterocycles. The second kappa shape index (κ2) is 10.5. The molecule has 0 heterocycles. The Morgan fingerprint density at radius 2 is 1.62 bits per heavy atom. The lowest BCUT2D eigenvalue weighted by atomic mass is 10.2. The maximum Gasteiger partial charge on any atom is 0.259 e. The predicted octanol–water partition coefficient (Wildman–Crippen LogP) is 1.60. The number of nitrogens with zero attached hydrogens (tertiary/aromatic N) is 1. The van der Waals surface area contributed by atoms with Crippen molar-refractivity contribution in [1.29, 1.82) is 0 Å². The van der Waals surface area contributed by atoms with Crippen LogP contribution in [0.1, 0.15) is 15.9 Å². The number of hydrogen-bond donors (Lipinski definition) is 2. The Balaban J connectivity index is 1.90. The first kappa shape index (κ1) is 21.5. The third kappa shape index (κ3) is 5.86. The van der Waals surface area contributed by atoms with Gasteiger partial charge in [-0.25, -0.2) is 5.43 Å². The minimum Gasteiger partial charge on any atom is -0.497 e. The van der Waals surface area contributed by atoms with Crippen LogP contribution in [-0.4, -0.2) is 53.0 Å². The van der Waals surface area contributed by atoms with E-state index in [2.05, 4.69) is 15.8 Å². The topological polar surface area (TPSA) is 107 Å². The van der Waals surface area contributed by atoms with Crippen LogP contribution in [-0.2, 0) is 4.79 Å². The van der Waals surface area contributed by atoms with Gasteiger partial charge in [-0.2, -0.15) is 5.10 Å². The largest absolute Gasteiger partial charge is 0.497 e. The van der Waals surface area contributed by atoms with E-state index in [0.717, 1.165) is 0 Å². The number of hydrazone groups is 1. The van der Waals surface area contributed by atoms with Crippen molar-refractivity contribution < 1.29 is 28.5 Å². The molecule has 154 valence electrons. The molecule has 0 fully saturated rings. The Bertz CT molecular complexity index is 898. The van der Waals surface area contributed by atoms with Crippen molar-refractivity contribution >= 4 is 18.0 Å². The molecular weight excluding hydrogens is 378 g/mol. The van der Waals surface area contributed by atoms with Gasteiger partial charge in [-0.1, -0.05) is 0 Å². The number of rotatable bonds is 9. The van der Waals surface area contributed by atoms with Crippen LogP contribution in [0, 0.1) is 0 Å². The van der Waals surface area contributed by atoms with E-state index in [9.17, 15) is 9.59 Å². The summed E-state index contributed by atoms with van der Waals surface area (Å²) in [5.74, 6) is 1.20. The highest BCUT2D eigenvalue weighted by Crippen LogP contribution is 2.27. The molecule has 0 aliphatic carbocycles. The maximum absolute atomic E-state index is 12.2. The predicted molar refractivity (Wildman–Crippen MR) is 107 cm³/mol. The normalized spacial score (nSPS) is 10.3. The lowest BCUT2D eigenvalue weighted by Crippen LogP contribution is -2.34. The molecule has 0 saturated carbocycles. The van der Waals surface area contributed by atoms with E-state index in [1.807, 2.05) is 0 Å². The quantitative estimate of drug-likeness (QED) is 0.488. The first-order valence-electron chi connectivity index (χ1n) is 8.56. The maximum atomic E-state index is 12.2. The molecule has 2 N–H and O–H groups in total. The summed E-state index contributed by atoms with van der Waals surface area (Å²) in [7, 11) is 6.06. The molecule has 0 aromatic heterocycles. The van der Waals surface area contributed by atoms with Crippen LogP contribution in [0.15, 0.2) is 41.5 Å². The zero-order chi connectivity index (χ0) is 21.2. The Hall–Kier alpha value is -3.75. The van der Waals surface area contributed by atoms with Crippen molar-refractivity contribution in [3.63, 3.8) is 0 Å². The highest BCUT2D eigenvalue weighted by Gasteiger charge is 2.12. The van der Waals surface area contributed by atoms with Gasteiger partial charge in [0.1, 0.15) is 11.5 Å². The fourth-order valence-electron chi connectivity index (χ4n) is 2.38. The number of ether oxygens (including phenoxy) is 4. The van der Waals surface area contributed by atoms with Crippen LogP contribution in [0.3, 0.4) is 0 Å². The number of carbonyl (C=O) groups is 2. The zero-order valence-electron chi connectivity index (χ0n) is 16.6. The van der Waals surface area contributed by atoms with Crippen LogP contribution in [0.25, 0.3) is 0 Å². The molecule has 0 radical (unpaired) electrons. The van der Waals surface area contributed by atoms with Gasteiger partial charge in [0, 0.05) is 17.2 Å². The average molecular weight is 401 g/mol. The van der Waals surface area contributed by atoms with Crippen molar-refractivity contribution in [2.24, 2.45) is 5.10 Å².